The number of aliphatic hydroxyl groups excluding tert-OH is 1. The van der Waals surface area contributed by atoms with Gasteiger partial charge < -0.3 is 15.2 Å². The van der Waals surface area contributed by atoms with E-state index in [2.05, 4.69) is 5.32 Å². The third-order valence-corrected chi connectivity index (χ3v) is 5.00. The molecule has 0 amide bonds. The topological polar surface area (TPSA) is 84.6 Å². The summed E-state index contributed by atoms with van der Waals surface area (Å²) >= 11 is 0. The summed E-state index contributed by atoms with van der Waals surface area (Å²) in [4.78, 5) is 10.4. The molecule has 0 saturated heterocycles. The van der Waals surface area contributed by atoms with Crippen LogP contribution in [0.2, 0.25) is 0 Å². The van der Waals surface area contributed by atoms with Gasteiger partial charge in [-0.1, -0.05) is 43.5 Å². The molecule has 3 rings (SSSR count). The molecule has 7 heteroatoms. The van der Waals surface area contributed by atoms with Gasteiger partial charge in [0.1, 0.15) is 12.4 Å². The number of benzene rings is 2. The van der Waals surface area contributed by atoms with Crippen molar-refractivity contribution < 1.29 is 14.8 Å². The van der Waals surface area contributed by atoms with Gasteiger partial charge >= 0.3 is 0 Å². The van der Waals surface area contributed by atoms with Crippen LogP contribution in [0.25, 0.3) is 0 Å². The zero-order valence-electron chi connectivity index (χ0n) is 15.8. The lowest BCUT2D eigenvalue weighted by Crippen LogP contribution is -2.34. The number of rotatable bonds is 8. The Morgan fingerprint density at radius 1 is 1.14 bits per heavy atom. The first-order valence-electron chi connectivity index (χ1n) is 9.49. The van der Waals surface area contributed by atoms with Crippen molar-refractivity contribution in [3.05, 3.63) is 69.8 Å². The van der Waals surface area contributed by atoms with Gasteiger partial charge in [0.2, 0.25) is 0 Å². The van der Waals surface area contributed by atoms with Gasteiger partial charge in [-0.3, -0.25) is 10.1 Å². The molecule has 1 aliphatic rings. The van der Waals surface area contributed by atoms with Crippen LogP contribution in [0.3, 0.4) is 0 Å². The Bertz CT molecular complexity index is 748. The Balaban J connectivity index is 0.00000280. The number of nitro benzene ring substituents is 1. The fraction of sp³-hybridized carbons (Fsp3) is 0.429. The summed E-state index contributed by atoms with van der Waals surface area (Å²) in [5.74, 6) is 0.665. The number of hydrogen-bond acceptors (Lipinski definition) is 5. The lowest BCUT2D eigenvalue weighted by atomic mass is 9.95. The first kappa shape index (κ1) is 22.1. The van der Waals surface area contributed by atoms with Gasteiger partial charge in [-0.15, -0.1) is 12.4 Å². The first-order chi connectivity index (χ1) is 13.1. The van der Waals surface area contributed by atoms with Gasteiger partial charge in [-0.05, 0) is 36.1 Å². The van der Waals surface area contributed by atoms with E-state index >= 15 is 0 Å². The fourth-order valence-electron chi connectivity index (χ4n) is 3.42. The van der Waals surface area contributed by atoms with Gasteiger partial charge in [0.15, 0.2) is 0 Å². The maximum Gasteiger partial charge on any atom is 0.269 e. The van der Waals surface area contributed by atoms with Crippen molar-refractivity contribution in [3.63, 3.8) is 0 Å². The molecule has 1 unspecified atom stereocenters. The minimum absolute atomic E-state index is 0. The largest absolute Gasteiger partial charge is 0.489 e. The number of nitrogens with zero attached hydrogens (tertiary/aromatic N) is 1. The summed E-state index contributed by atoms with van der Waals surface area (Å²) in [5.41, 5.74) is 1.64. The van der Waals surface area contributed by atoms with Gasteiger partial charge in [-0.2, -0.15) is 0 Å². The summed E-state index contributed by atoms with van der Waals surface area (Å²) in [7, 11) is 0. The number of ether oxygens (including phenoxy) is 1. The first-order valence-corrected chi connectivity index (χ1v) is 9.49. The maximum absolute atomic E-state index is 10.8. The second-order valence-electron chi connectivity index (χ2n) is 7.04. The van der Waals surface area contributed by atoms with Gasteiger partial charge in [0.25, 0.3) is 5.69 Å². The van der Waals surface area contributed by atoms with Crippen molar-refractivity contribution in [1.82, 2.24) is 5.32 Å². The number of non-ortho nitro benzene ring substituents is 1. The molecule has 2 aromatic rings. The van der Waals surface area contributed by atoms with E-state index in [4.69, 9.17) is 4.74 Å². The molecule has 152 valence electrons. The second kappa shape index (κ2) is 11.0. The molecule has 1 atom stereocenters. The van der Waals surface area contributed by atoms with Gasteiger partial charge in [-0.25, -0.2) is 0 Å². The number of halogens is 1. The Labute approximate surface area is 171 Å². The highest BCUT2D eigenvalue weighted by molar-refractivity contribution is 5.85. The molecule has 0 bridgehead atoms. The number of nitrogens with one attached hydrogen (secondary N) is 1. The average Bonchev–Trinajstić information content (AvgIpc) is 2.72. The van der Waals surface area contributed by atoms with E-state index in [9.17, 15) is 15.2 Å². The van der Waals surface area contributed by atoms with Crippen molar-refractivity contribution in [3.8, 4) is 5.75 Å². The van der Waals surface area contributed by atoms with Crippen LogP contribution in [0.15, 0.2) is 48.5 Å². The number of nitro groups is 1. The van der Waals surface area contributed by atoms with E-state index in [1.165, 1.54) is 44.2 Å². The predicted molar refractivity (Wildman–Crippen MR) is 111 cm³/mol. The Hall–Kier alpha value is -2.15. The fourth-order valence-corrected chi connectivity index (χ4v) is 3.42. The second-order valence-corrected chi connectivity index (χ2v) is 7.04. The van der Waals surface area contributed by atoms with Crippen molar-refractivity contribution >= 4 is 18.1 Å². The Morgan fingerprint density at radius 3 is 2.54 bits per heavy atom. The molecule has 2 aromatic carbocycles. The van der Waals surface area contributed by atoms with Crippen LogP contribution in [0.5, 0.6) is 5.75 Å². The van der Waals surface area contributed by atoms with E-state index in [1.54, 1.807) is 12.1 Å². The normalized spacial score (nSPS) is 15.5. The van der Waals surface area contributed by atoms with Gasteiger partial charge in [0, 0.05) is 24.7 Å². The van der Waals surface area contributed by atoms with Crippen molar-refractivity contribution in [2.45, 2.75) is 50.9 Å². The molecule has 2 N–H and O–H groups in total. The maximum atomic E-state index is 10.8. The number of aliphatic hydroxyl groups is 1. The molecule has 6 nitrogen and oxygen atoms in total. The standard InChI is InChI=1S/C21H26N2O4.ClH/c24-21(14-22-18-6-2-1-3-7-18)17-9-11-20(12-10-17)27-15-16-5-4-8-19(13-16)23(25)26;/h4-5,8-13,18,21-22,24H,1-3,6-7,14-15H2;1H. The van der Waals surface area contributed by atoms with E-state index < -0.39 is 11.0 Å². The molecule has 1 fully saturated rings. The average molecular weight is 407 g/mol. The molecular weight excluding hydrogens is 380 g/mol. The molecule has 0 spiro atoms. The van der Waals surface area contributed by atoms with Crippen LogP contribution >= 0.6 is 12.4 Å². The van der Waals surface area contributed by atoms with Crippen LogP contribution in [-0.4, -0.2) is 22.6 Å². The Kier molecular flexibility index (Phi) is 8.70. The molecule has 28 heavy (non-hydrogen) atoms. The zero-order valence-corrected chi connectivity index (χ0v) is 16.6. The minimum Gasteiger partial charge on any atom is -0.489 e. The summed E-state index contributed by atoms with van der Waals surface area (Å²) in [6, 6.07) is 14.3. The van der Waals surface area contributed by atoms with Crippen LogP contribution in [0.1, 0.15) is 49.3 Å². The molecule has 1 aliphatic carbocycles. The van der Waals surface area contributed by atoms with Crippen LogP contribution in [-0.2, 0) is 6.61 Å². The van der Waals surface area contributed by atoms with E-state index in [0.717, 1.165) is 11.1 Å². The SMILES string of the molecule is Cl.O=[N+]([O-])c1cccc(COc2ccc(C(O)CNC3CCCCC3)cc2)c1. The van der Waals surface area contributed by atoms with Crippen LogP contribution in [0, 0.1) is 10.1 Å². The van der Waals surface area contributed by atoms with Crippen molar-refractivity contribution in [2.75, 3.05) is 6.54 Å². The third kappa shape index (κ3) is 6.48. The summed E-state index contributed by atoms with van der Waals surface area (Å²) in [6.45, 7) is 0.811. The quantitative estimate of drug-likeness (QED) is 0.496. The summed E-state index contributed by atoms with van der Waals surface area (Å²) in [5, 5.41) is 24.6. The predicted octanol–water partition coefficient (Wildman–Crippen LogP) is 4.55. The van der Waals surface area contributed by atoms with E-state index in [0.29, 0.717) is 18.3 Å². The van der Waals surface area contributed by atoms with Crippen LogP contribution in [0.4, 0.5) is 5.69 Å². The zero-order chi connectivity index (χ0) is 19.1. The smallest absolute Gasteiger partial charge is 0.269 e. The lowest BCUT2D eigenvalue weighted by Gasteiger charge is -2.24. The molecule has 0 aliphatic heterocycles. The monoisotopic (exact) mass is 406 g/mol. The third-order valence-electron chi connectivity index (χ3n) is 5.00. The molecule has 0 radical (unpaired) electrons. The van der Waals surface area contributed by atoms with Gasteiger partial charge in [0.05, 0.1) is 11.0 Å². The lowest BCUT2D eigenvalue weighted by molar-refractivity contribution is -0.384. The molecule has 1 saturated carbocycles. The molecule has 0 aromatic heterocycles. The van der Waals surface area contributed by atoms with Crippen molar-refractivity contribution in [1.29, 1.82) is 0 Å². The summed E-state index contributed by atoms with van der Waals surface area (Å²) < 4.78 is 5.70. The molecular formula is C21H27ClN2O4. The van der Waals surface area contributed by atoms with E-state index in [1.807, 2.05) is 24.3 Å². The van der Waals surface area contributed by atoms with Crippen LogP contribution < -0.4 is 10.1 Å². The molecule has 0 heterocycles. The highest BCUT2D eigenvalue weighted by atomic mass is 35.5. The summed E-state index contributed by atoms with van der Waals surface area (Å²) in [6.07, 6.45) is 5.69. The van der Waals surface area contributed by atoms with E-state index in [-0.39, 0.29) is 24.7 Å². The highest BCUT2D eigenvalue weighted by Gasteiger charge is 2.15. The highest BCUT2D eigenvalue weighted by Crippen LogP contribution is 2.21. The van der Waals surface area contributed by atoms with Crippen molar-refractivity contribution in [2.24, 2.45) is 0 Å². The Morgan fingerprint density at radius 2 is 1.86 bits per heavy atom. The number of hydrogen-bond donors (Lipinski definition) is 2. The minimum atomic E-state index is -0.544.